The summed E-state index contributed by atoms with van der Waals surface area (Å²) in [4.78, 5) is 21.5. The van der Waals surface area contributed by atoms with Crippen molar-refractivity contribution in [2.45, 2.75) is 32.2 Å². The second-order valence-corrected chi connectivity index (χ2v) is 7.21. The first-order valence-corrected chi connectivity index (χ1v) is 9.20. The summed E-state index contributed by atoms with van der Waals surface area (Å²) in [6.45, 7) is 3.87. The standard InChI is InChI=1S/C22H26N2O5/c1-16-6-10-19(11-7-16)28-14-4-5-17-8-9-18(24(17)3)12-13-22(2,23)15-29-21(27)20(25)26/h6-11H,12-15,23H2,1-3H3,(H,25,26)/t22-/m1/s1. The van der Waals surface area contributed by atoms with E-state index in [1.807, 2.05) is 54.9 Å². The Hall–Kier alpha value is -3.24. The van der Waals surface area contributed by atoms with Crippen molar-refractivity contribution in [1.29, 1.82) is 0 Å². The van der Waals surface area contributed by atoms with Crippen molar-refractivity contribution >= 4 is 11.9 Å². The van der Waals surface area contributed by atoms with E-state index in [1.54, 1.807) is 6.92 Å². The highest BCUT2D eigenvalue weighted by molar-refractivity contribution is 6.28. The van der Waals surface area contributed by atoms with E-state index in [1.165, 1.54) is 5.56 Å². The first-order chi connectivity index (χ1) is 13.7. The average molecular weight is 398 g/mol. The van der Waals surface area contributed by atoms with Crippen LogP contribution in [0.5, 0.6) is 5.75 Å². The summed E-state index contributed by atoms with van der Waals surface area (Å²) in [5.74, 6) is 3.94. The van der Waals surface area contributed by atoms with E-state index in [0.29, 0.717) is 19.4 Å². The number of aliphatic carboxylic acids is 1. The van der Waals surface area contributed by atoms with E-state index in [2.05, 4.69) is 11.8 Å². The number of carboxylic acids is 1. The highest BCUT2D eigenvalue weighted by Crippen LogP contribution is 2.15. The van der Waals surface area contributed by atoms with Crippen molar-refractivity contribution in [3.8, 4) is 17.6 Å². The van der Waals surface area contributed by atoms with Crippen LogP contribution in [-0.4, -0.2) is 40.4 Å². The highest BCUT2D eigenvalue weighted by Gasteiger charge is 2.23. The zero-order valence-corrected chi connectivity index (χ0v) is 16.9. The number of aromatic nitrogens is 1. The Morgan fingerprint density at radius 1 is 1.21 bits per heavy atom. The number of nitrogens with two attached hydrogens (primary N) is 1. The molecule has 0 radical (unpaired) electrons. The quantitative estimate of drug-likeness (QED) is 0.420. The fourth-order valence-electron chi connectivity index (χ4n) is 2.59. The van der Waals surface area contributed by atoms with Gasteiger partial charge >= 0.3 is 11.9 Å². The van der Waals surface area contributed by atoms with Gasteiger partial charge in [0.2, 0.25) is 0 Å². The van der Waals surface area contributed by atoms with Crippen LogP contribution in [0, 0.1) is 18.8 Å². The largest absolute Gasteiger partial charge is 0.481 e. The first-order valence-electron chi connectivity index (χ1n) is 9.20. The normalized spacial score (nSPS) is 12.4. The maximum absolute atomic E-state index is 11.0. The number of hydrogen-bond donors (Lipinski definition) is 2. The molecule has 0 aliphatic heterocycles. The number of hydrogen-bond acceptors (Lipinski definition) is 5. The van der Waals surface area contributed by atoms with Crippen molar-refractivity contribution in [2.24, 2.45) is 12.8 Å². The Bertz CT molecular complexity index is 917. The summed E-state index contributed by atoms with van der Waals surface area (Å²) in [6.07, 6.45) is 1.15. The Morgan fingerprint density at radius 3 is 2.55 bits per heavy atom. The number of rotatable bonds is 7. The van der Waals surface area contributed by atoms with E-state index in [-0.39, 0.29) is 6.61 Å². The topological polar surface area (TPSA) is 104 Å². The molecule has 0 fully saturated rings. The van der Waals surface area contributed by atoms with Crippen molar-refractivity contribution in [2.75, 3.05) is 13.2 Å². The zero-order valence-electron chi connectivity index (χ0n) is 16.9. The Morgan fingerprint density at radius 2 is 1.90 bits per heavy atom. The van der Waals surface area contributed by atoms with Crippen molar-refractivity contribution in [3.05, 3.63) is 53.3 Å². The van der Waals surface area contributed by atoms with Crippen LogP contribution in [0.25, 0.3) is 0 Å². The van der Waals surface area contributed by atoms with Gasteiger partial charge in [0.15, 0.2) is 0 Å². The molecule has 1 atom stereocenters. The van der Waals surface area contributed by atoms with Gasteiger partial charge in [-0.05, 0) is 56.9 Å². The number of ether oxygens (including phenoxy) is 2. The summed E-state index contributed by atoms with van der Waals surface area (Å²) in [6, 6.07) is 11.7. The molecule has 3 N–H and O–H groups in total. The summed E-state index contributed by atoms with van der Waals surface area (Å²) in [7, 11) is 1.92. The third-order valence-corrected chi connectivity index (χ3v) is 4.43. The molecule has 7 heteroatoms. The van der Waals surface area contributed by atoms with E-state index in [0.717, 1.165) is 17.1 Å². The second-order valence-electron chi connectivity index (χ2n) is 7.21. The van der Waals surface area contributed by atoms with E-state index >= 15 is 0 Å². The number of carbonyl (C=O) groups excluding carboxylic acids is 1. The number of esters is 1. The van der Waals surface area contributed by atoms with Crippen LogP contribution in [-0.2, 0) is 27.8 Å². The lowest BCUT2D eigenvalue weighted by atomic mass is 9.97. The predicted molar refractivity (Wildman–Crippen MR) is 108 cm³/mol. The van der Waals surface area contributed by atoms with Gasteiger partial charge in [0.25, 0.3) is 0 Å². The minimum Gasteiger partial charge on any atom is -0.481 e. The monoisotopic (exact) mass is 398 g/mol. The first kappa shape index (κ1) is 22.1. The molecule has 7 nitrogen and oxygen atoms in total. The predicted octanol–water partition coefficient (Wildman–Crippen LogP) is 2.04. The van der Waals surface area contributed by atoms with Crippen LogP contribution in [0.15, 0.2) is 36.4 Å². The van der Waals surface area contributed by atoms with Gasteiger partial charge in [-0.3, -0.25) is 0 Å². The number of carbonyl (C=O) groups is 2. The lowest BCUT2D eigenvalue weighted by Gasteiger charge is -2.23. The maximum atomic E-state index is 11.0. The van der Waals surface area contributed by atoms with Crippen LogP contribution in [0.3, 0.4) is 0 Å². The third-order valence-electron chi connectivity index (χ3n) is 4.43. The van der Waals surface area contributed by atoms with Gasteiger partial charge in [0.1, 0.15) is 19.0 Å². The average Bonchev–Trinajstić information content (AvgIpc) is 3.03. The molecule has 0 saturated carbocycles. The molecule has 0 bridgehead atoms. The van der Waals surface area contributed by atoms with Crippen LogP contribution in [0.2, 0.25) is 0 Å². The molecule has 0 unspecified atom stereocenters. The molecule has 1 aromatic carbocycles. The minimum absolute atomic E-state index is 0.161. The van der Waals surface area contributed by atoms with E-state index in [9.17, 15) is 9.59 Å². The Kier molecular flexibility index (Phi) is 7.46. The van der Waals surface area contributed by atoms with Crippen LogP contribution < -0.4 is 10.5 Å². The van der Waals surface area contributed by atoms with Gasteiger partial charge < -0.3 is 24.9 Å². The second kappa shape index (κ2) is 9.80. The zero-order chi connectivity index (χ0) is 21.4. The van der Waals surface area contributed by atoms with Gasteiger partial charge in [0, 0.05) is 18.3 Å². The Labute approximate surface area is 170 Å². The lowest BCUT2D eigenvalue weighted by molar-refractivity contribution is -0.164. The molecule has 2 rings (SSSR count). The van der Waals surface area contributed by atoms with Crippen molar-refractivity contribution in [1.82, 2.24) is 4.57 Å². The third kappa shape index (κ3) is 7.01. The molecular formula is C22H26N2O5. The fraction of sp³-hybridized carbons (Fsp3) is 0.364. The van der Waals surface area contributed by atoms with Crippen LogP contribution in [0.4, 0.5) is 0 Å². The summed E-state index contributed by atoms with van der Waals surface area (Å²) in [5, 5.41) is 8.55. The molecule has 0 aliphatic carbocycles. The molecule has 0 aliphatic rings. The maximum Gasteiger partial charge on any atom is 0.417 e. The van der Waals surface area contributed by atoms with Crippen molar-refractivity contribution in [3.63, 3.8) is 0 Å². The van der Waals surface area contributed by atoms with Gasteiger partial charge in [0.05, 0.1) is 5.69 Å². The molecule has 29 heavy (non-hydrogen) atoms. The molecule has 2 aromatic rings. The molecular weight excluding hydrogens is 372 g/mol. The summed E-state index contributed by atoms with van der Waals surface area (Å²) in [5.41, 5.74) is 8.33. The molecule has 1 heterocycles. The number of nitrogens with zero attached hydrogens (tertiary/aromatic N) is 1. The van der Waals surface area contributed by atoms with E-state index < -0.39 is 17.5 Å². The number of aryl methyl sites for hydroxylation is 2. The summed E-state index contributed by atoms with van der Waals surface area (Å²) >= 11 is 0. The van der Waals surface area contributed by atoms with Gasteiger partial charge in [-0.25, -0.2) is 9.59 Å². The SMILES string of the molecule is Cc1ccc(OCC#Cc2ccc(CC[C@@](C)(N)COC(=O)C(=O)O)n2C)cc1. The van der Waals surface area contributed by atoms with E-state index in [4.69, 9.17) is 20.3 Å². The summed E-state index contributed by atoms with van der Waals surface area (Å²) < 4.78 is 12.3. The van der Waals surface area contributed by atoms with Crippen LogP contribution >= 0.6 is 0 Å². The molecule has 154 valence electrons. The minimum atomic E-state index is -1.63. The number of carboxylic acid groups (broad SMARTS) is 1. The highest BCUT2D eigenvalue weighted by atomic mass is 16.6. The van der Waals surface area contributed by atoms with Gasteiger partial charge in [-0.15, -0.1) is 0 Å². The molecule has 0 spiro atoms. The molecule has 1 aromatic heterocycles. The lowest BCUT2D eigenvalue weighted by Crippen LogP contribution is -2.43. The molecule has 0 amide bonds. The van der Waals surface area contributed by atoms with Gasteiger partial charge in [-0.1, -0.05) is 23.6 Å². The number of benzene rings is 1. The van der Waals surface area contributed by atoms with Gasteiger partial charge in [-0.2, -0.15) is 0 Å². The smallest absolute Gasteiger partial charge is 0.417 e. The van der Waals surface area contributed by atoms with Crippen molar-refractivity contribution < 1.29 is 24.2 Å². The fourth-order valence-corrected chi connectivity index (χ4v) is 2.59. The Balaban J connectivity index is 1.86. The molecule has 0 saturated heterocycles. The van der Waals surface area contributed by atoms with Crippen LogP contribution in [0.1, 0.15) is 30.3 Å².